The number of nitrogens with one attached hydrogen (secondary N) is 2. The lowest BCUT2D eigenvalue weighted by Crippen LogP contribution is -2.66. The van der Waals surface area contributed by atoms with Crippen molar-refractivity contribution >= 4 is 29.9 Å². The lowest BCUT2D eigenvalue weighted by atomic mass is 9.55. The van der Waals surface area contributed by atoms with Crippen LogP contribution in [0.3, 0.4) is 0 Å². The van der Waals surface area contributed by atoms with Crippen molar-refractivity contribution in [2.75, 3.05) is 13.7 Å². The maximum Gasteiger partial charge on any atom is 0.191 e. The number of aromatic nitrogens is 1. The highest BCUT2D eigenvalue weighted by Gasteiger charge is 2.55. The first-order valence-corrected chi connectivity index (χ1v) is 9.27. The van der Waals surface area contributed by atoms with Gasteiger partial charge in [-0.05, 0) is 38.3 Å². The fraction of sp³-hybridized carbons (Fsp3) is 0.684. The van der Waals surface area contributed by atoms with Crippen molar-refractivity contribution < 1.29 is 4.74 Å². The monoisotopic (exact) mass is 458 g/mol. The molecule has 0 saturated heterocycles. The van der Waals surface area contributed by atoms with Gasteiger partial charge in [-0.2, -0.15) is 0 Å². The molecule has 1 spiro atoms. The predicted octanol–water partition coefficient (Wildman–Crippen LogP) is 3.49. The van der Waals surface area contributed by atoms with Gasteiger partial charge in [0.05, 0.1) is 18.3 Å². The highest BCUT2D eigenvalue weighted by molar-refractivity contribution is 14.0. The van der Waals surface area contributed by atoms with Crippen LogP contribution in [-0.4, -0.2) is 36.7 Å². The number of ether oxygens (including phenoxy) is 1. The molecule has 3 rings (SSSR count). The molecule has 2 atom stereocenters. The minimum absolute atomic E-state index is 0. The predicted molar refractivity (Wildman–Crippen MR) is 112 cm³/mol. The zero-order chi connectivity index (χ0) is 16.8. The number of hydrogen-bond donors (Lipinski definition) is 2. The van der Waals surface area contributed by atoms with E-state index in [0.29, 0.717) is 24.1 Å². The van der Waals surface area contributed by atoms with E-state index < -0.39 is 0 Å². The molecule has 0 aromatic carbocycles. The second-order valence-corrected chi connectivity index (χ2v) is 6.92. The van der Waals surface area contributed by atoms with Gasteiger partial charge in [-0.1, -0.05) is 25.3 Å². The van der Waals surface area contributed by atoms with E-state index in [0.717, 1.165) is 24.7 Å². The molecule has 1 aromatic rings. The van der Waals surface area contributed by atoms with E-state index in [1.807, 2.05) is 31.4 Å². The van der Waals surface area contributed by atoms with Crippen molar-refractivity contribution in [3.8, 4) is 0 Å². The van der Waals surface area contributed by atoms with Crippen LogP contribution in [0.2, 0.25) is 0 Å². The summed E-state index contributed by atoms with van der Waals surface area (Å²) in [6.07, 6.45) is 9.86. The fourth-order valence-corrected chi connectivity index (χ4v) is 4.30. The Bertz CT molecular complexity index is 546. The summed E-state index contributed by atoms with van der Waals surface area (Å²) in [5.74, 6) is 0.866. The summed E-state index contributed by atoms with van der Waals surface area (Å²) < 4.78 is 6.04. The van der Waals surface area contributed by atoms with E-state index in [-0.39, 0.29) is 24.0 Å². The Morgan fingerprint density at radius 1 is 1.32 bits per heavy atom. The Morgan fingerprint density at radius 3 is 2.76 bits per heavy atom. The zero-order valence-electron chi connectivity index (χ0n) is 15.3. The lowest BCUT2D eigenvalue weighted by Gasteiger charge is -2.57. The van der Waals surface area contributed by atoms with Crippen LogP contribution >= 0.6 is 24.0 Å². The molecule has 6 heteroatoms. The van der Waals surface area contributed by atoms with Crippen LogP contribution in [-0.2, 0) is 11.3 Å². The van der Waals surface area contributed by atoms with Crippen molar-refractivity contribution in [1.82, 2.24) is 15.6 Å². The van der Waals surface area contributed by atoms with Gasteiger partial charge in [0.25, 0.3) is 0 Å². The first-order valence-electron chi connectivity index (χ1n) is 9.27. The molecule has 0 bridgehead atoms. The normalized spacial score (nSPS) is 25.0. The number of pyridine rings is 1. The van der Waals surface area contributed by atoms with E-state index in [4.69, 9.17) is 4.74 Å². The lowest BCUT2D eigenvalue weighted by molar-refractivity contribution is -0.145. The van der Waals surface area contributed by atoms with E-state index in [2.05, 4.69) is 27.5 Å². The van der Waals surface area contributed by atoms with E-state index in [1.165, 1.54) is 32.1 Å². The van der Waals surface area contributed by atoms with Gasteiger partial charge in [0.1, 0.15) is 0 Å². The summed E-state index contributed by atoms with van der Waals surface area (Å²) in [7, 11) is 1.83. The first kappa shape index (κ1) is 20.4. The van der Waals surface area contributed by atoms with Gasteiger partial charge in [-0.25, -0.2) is 0 Å². The third-order valence-electron chi connectivity index (χ3n) is 5.63. The van der Waals surface area contributed by atoms with Crippen molar-refractivity contribution in [2.45, 2.75) is 64.1 Å². The Kier molecular flexibility index (Phi) is 7.93. The van der Waals surface area contributed by atoms with Gasteiger partial charge in [0.2, 0.25) is 0 Å². The molecule has 0 aliphatic heterocycles. The van der Waals surface area contributed by atoms with Gasteiger partial charge in [-0.15, -0.1) is 24.0 Å². The van der Waals surface area contributed by atoms with Gasteiger partial charge in [0, 0.05) is 31.3 Å². The van der Waals surface area contributed by atoms with Crippen molar-refractivity contribution in [2.24, 2.45) is 10.4 Å². The standard InChI is InChI=1S/C19H30N4O.HI/c1-3-24-17-13-16(19(17)10-6-4-7-11-19)23-18(20-2)22-14-15-9-5-8-12-21-15;/h5,8-9,12,16-17H,3-4,6-7,10-11,13-14H2,1-2H3,(H2,20,22,23);1H. The molecule has 5 nitrogen and oxygen atoms in total. The maximum atomic E-state index is 6.04. The zero-order valence-corrected chi connectivity index (χ0v) is 17.7. The van der Waals surface area contributed by atoms with E-state index >= 15 is 0 Å². The molecule has 1 heterocycles. The number of hydrogen-bond acceptors (Lipinski definition) is 3. The van der Waals surface area contributed by atoms with Crippen LogP contribution < -0.4 is 10.6 Å². The van der Waals surface area contributed by atoms with Gasteiger partial charge in [-0.3, -0.25) is 9.98 Å². The van der Waals surface area contributed by atoms with Crippen LogP contribution in [0.25, 0.3) is 0 Å². The molecular formula is C19H31IN4O. The third-order valence-corrected chi connectivity index (χ3v) is 5.63. The minimum atomic E-state index is 0. The molecular weight excluding hydrogens is 427 g/mol. The highest BCUT2D eigenvalue weighted by atomic mass is 127. The van der Waals surface area contributed by atoms with Crippen LogP contribution in [0.15, 0.2) is 29.4 Å². The fourth-order valence-electron chi connectivity index (χ4n) is 4.30. The smallest absolute Gasteiger partial charge is 0.191 e. The SMILES string of the molecule is CCOC1CC(NC(=NC)NCc2ccccn2)C12CCCCC2.I. The molecule has 2 N–H and O–H groups in total. The molecule has 0 amide bonds. The van der Waals surface area contributed by atoms with Crippen molar-refractivity contribution in [1.29, 1.82) is 0 Å². The molecule has 2 unspecified atom stereocenters. The molecule has 2 aliphatic rings. The Hall–Kier alpha value is -0.890. The number of guanidine groups is 1. The molecule has 2 fully saturated rings. The van der Waals surface area contributed by atoms with Crippen LogP contribution in [0.5, 0.6) is 0 Å². The van der Waals surface area contributed by atoms with E-state index in [9.17, 15) is 0 Å². The molecule has 25 heavy (non-hydrogen) atoms. The van der Waals surface area contributed by atoms with Crippen LogP contribution in [0, 0.1) is 5.41 Å². The molecule has 2 aliphatic carbocycles. The topological polar surface area (TPSA) is 58.5 Å². The van der Waals surface area contributed by atoms with Gasteiger partial charge in [0.15, 0.2) is 5.96 Å². The van der Waals surface area contributed by atoms with E-state index in [1.54, 1.807) is 0 Å². The summed E-state index contributed by atoms with van der Waals surface area (Å²) in [5, 5.41) is 7.04. The molecule has 140 valence electrons. The summed E-state index contributed by atoms with van der Waals surface area (Å²) in [6.45, 7) is 3.60. The number of rotatable bonds is 5. The largest absolute Gasteiger partial charge is 0.378 e. The minimum Gasteiger partial charge on any atom is -0.378 e. The molecule has 0 radical (unpaired) electrons. The quantitative estimate of drug-likeness (QED) is 0.403. The Balaban J connectivity index is 0.00000225. The summed E-state index contributed by atoms with van der Waals surface area (Å²) >= 11 is 0. The molecule has 2 saturated carbocycles. The molecule has 1 aromatic heterocycles. The van der Waals surface area contributed by atoms with Gasteiger partial charge >= 0.3 is 0 Å². The second-order valence-electron chi connectivity index (χ2n) is 6.92. The highest BCUT2D eigenvalue weighted by Crippen LogP contribution is 2.53. The van der Waals surface area contributed by atoms with Crippen LogP contribution in [0.1, 0.15) is 51.1 Å². The summed E-state index contributed by atoms with van der Waals surface area (Å²) in [4.78, 5) is 8.75. The maximum absolute atomic E-state index is 6.04. The average molecular weight is 458 g/mol. The number of halogens is 1. The number of aliphatic imine (C=N–C) groups is 1. The van der Waals surface area contributed by atoms with Crippen molar-refractivity contribution in [3.05, 3.63) is 30.1 Å². The van der Waals surface area contributed by atoms with Gasteiger partial charge < -0.3 is 15.4 Å². The Labute approximate surface area is 168 Å². The summed E-state index contributed by atoms with van der Waals surface area (Å²) in [6, 6.07) is 6.43. The average Bonchev–Trinajstić information content (AvgIpc) is 2.65. The Morgan fingerprint density at radius 2 is 2.12 bits per heavy atom. The van der Waals surface area contributed by atoms with Crippen molar-refractivity contribution in [3.63, 3.8) is 0 Å². The second kappa shape index (κ2) is 9.71. The number of nitrogens with zero attached hydrogens (tertiary/aromatic N) is 2. The third kappa shape index (κ3) is 4.64. The van der Waals surface area contributed by atoms with Crippen LogP contribution in [0.4, 0.5) is 0 Å². The first-order chi connectivity index (χ1) is 11.8. The summed E-state index contributed by atoms with van der Waals surface area (Å²) in [5.41, 5.74) is 1.32.